The van der Waals surface area contributed by atoms with Crippen LogP contribution in [0.25, 0.3) is 0 Å². The van der Waals surface area contributed by atoms with Gasteiger partial charge < -0.3 is 4.42 Å². The maximum Gasteiger partial charge on any atom is 0.269 e. The lowest BCUT2D eigenvalue weighted by molar-refractivity contribution is -0.465. The molecule has 0 saturated carbocycles. The molecule has 21 heavy (non-hydrogen) atoms. The van der Waals surface area contributed by atoms with E-state index in [2.05, 4.69) is 0 Å². The van der Waals surface area contributed by atoms with Crippen LogP contribution in [-0.2, 0) is 0 Å². The average molecular weight is 285 g/mol. The average Bonchev–Trinajstić information content (AvgIpc) is 2.90. The molecule has 1 aliphatic carbocycles. The predicted molar refractivity (Wildman–Crippen MR) is 68.2 cm³/mol. The molecule has 7 nitrogen and oxygen atoms in total. The van der Waals surface area contributed by atoms with Gasteiger partial charge in [0.1, 0.15) is 0 Å². The minimum atomic E-state index is -0.957. The summed E-state index contributed by atoms with van der Waals surface area (Å²) in [6.45, 7) is -0.957. The standard InChI is InChI=1S/C14H7NO6/c16-10(6-15(19)20)11-5-9-12(17)7-3-1-2-4-8(7)13(18)14(9)21-11/h1-5H,6H2. The van der Waals surface area contributed by atoms with Crippen molar-refractivity contribution in [3.8, 4) is 0 Å². The summed E-state index contributed by atoms with van der Waals surface area (Å²) in [4.78, 5) is 45.6. The summed E-state index contributed by atoms with van der Waals surface area (Å²) in [6.07, 6.45) is 0. The van der Waals surface area contributed by atoms with E-state index >= 15 is 0 Å². The normalized spacial score (nSPS) is 12.8. The van der Waals surface area contributed by atoms with Crippen LogP contribution in [0.1, 0.15) is 42.6 Å². The molecule has 0 N–H and O–H groups in total. The van der Waals surface area contributed by atoms with Gasteiger partial charge in [0.15, 0.2) is 17.3 Å². The molecule has 1 heterocycles. The highest BCUT2D eigenvalue weighted by Crippen LogP contribution is 2.29. The van der Waals surface area contributed by atoms with Crippen LogP contribution < -0.4 is 0 Å². The first kappa shape index (κ1) is 12.9. The monoisotopic (exact) mass is 285 g/mol. The van der Waals surface area contributed by atoms with Gasteiger partial charge in [-0.1, -0.05) is 24.3 Å². The summed E-state index contributed by atoms with van der Waals surface area (Å²) >= 11 is 0. The van der Waals surface area contributed by atoms with Crippen molar-refractivity contribution in [3.05, 3.63) is 68.7 Å². The number of hydrogen-bond acceptors (Lipinski definition) is 6. The van der Waals surface area contributed by atoms with Crippen molar-refractivity contribution >= 4 is 17.3 Å². The molecule has 0 spiro atoms. The molecule has 0 saturated heterocycles. The number of rotatable bonds is 3. The van der Waals surface area contributed by atoms with E-state index in [1.165, 1.54) is 12.1 Å². The topological polar surface area (TPSA) is 107 Å². The zero-order valence-electron chi connectivity index (χ0n) is 10.5. The maximum absolute atomic E-state index is 12.3. The van der Waals surface area contributed by atoms with Crippen molar-refractivity contribution in [1.29, 1.82) is 0 Å². The fraction of sp³-hybridized carbons (Fsp3) is 0.0714. The van der Waals surface area contributed by atoms with E-state index in [1.54, 1.807) is 12.1 Å². The van der Waals surface area contributed by atoms with Gasteiger partial charge in [-0.25, -0.2) is 0 Å². The second-order valence-electron chi connectivity index (χ2n) is 4.47. The van der Waals surface area contributed by atoms with Gasteiger partial charge in [0.25, 0.3) is 12.3 Å². The van der Waals surface area contributed by atoms with Crippen LogP contribution >= 0.6 is 0 Å². The van der Waals surface area contributed by atoms with Crippen LogP contribution in [-0.4, -0.2) is 28.8 Å². The molecule has 0 aliphatic heterocycles. The van der Waals surface area contributed by atoms with E-state index in [4.69, 9.17) is 4.42 Å². The highest BCUT2D eigenvalue weighted by atomic mass is 16.6. The van der Waals surface area contributed by atoms with E-state index in [9.17, 15) is 24.5 Å². The maximum atomic E-state index is 12.3. The zero-order valence-corrected chi connectivity index (χ0v) is 10.5. The van der Waals surface area contributed by atoms with Crippen LogP contribution in [0.4, 0.5) is 0 Å². The second kappa shape index (κ2) is 4.48. The highest BCUT2D eigenvalue weighted by Gasteiger charge is 2.34. The van der Waals surface area contributed by atoms with Crippen molar-refractivity contribution in [2.75, 3.05) is 6.54 Å². The second-order valence-corrected chi connectivity index (χ2v) is 4.47. The Bertz CT molecular complexity index is 764. The lowest BCUT2D eigenvalue weighted by Crippen LogP contribution is -2.18. The van der Waals surface area contributed by atoms with Gasteiger partial charge in [-0.2, -0.15) is 0 Å². The minimum Gasteiger partial charge on any atom is -0.448 e. The summed E-state index contributed by atoms with van der Waals surface area (Å²) in [6, 6.07) is 7.31. The summed E-state index contributed by atoms with van der Waals surface area (Å²) in [5.41, 5.74) is 0.382. The van der Waals surface area contributed by atoms with Crippen molar-refractivity contribution in [1.82, 2.24) is 0 Å². The molecule has 7 heteroatoms. The summed E-state index contributed by atoms with van der Waals surface area (Å²) in [5.74, 6) is -2.44. The van der Waals surface area contributed by atoms with E-state index in [0.29, 0.717) is 0 Å². The largest absolute Gasteiger partial charge is 0.448 e. The molecular formula is C14H7NO6. The van der Waals surface area contributed by atoms with E-state index in [-0.39, 0.29) is 28.2 Å². The van der Waals surface area contributed by atoms with Crippen molar-refractivity contribution < 1.29 is 23.7 Å². The molecule has 3 rings (SSSR count). The number of benzene rings is 1. The van der Waals surface area contributed by atoms with Crippen LogP contribution in [0.5, 0.6) is 0 Å². The van der Waals surface area contributed by atoms with Gasteiger partial charge in [-0.3, -0.25) is 24.5 Å². The third kappa shape index (κ3) is 1.95. The van der Waals surface area contributed by atoms with Gasteiger partial charge in [-0.15, -0.1) is 0 Å². The number of carbonyl (C=O) groups is 3. The van der Waals surface area contributed by atoms with Gasteiger partial charge in [0.05, 0.1) is 5.56 Å². The number of nitrogens with zero attached hydrogens (tertiary/aromatic N) is 1. The first-order valence-electron chi connectivity index (χ1n) is 5.96. The fourth-order valence-corrected chi connectivity index (χ4v) is 2.21. The number of ketones is 3. The van der Waals surface area contributed by atoms with Crippen LogP contribution in [0, 0.1) is 10.1 Å². The quantitative estimate of drug-likeness (QED) is 0.410. The Hall–Kier alpha value is -3.09. The Kier molecular flexibility index (Phi) is 2.76. The van der Waals surface area contributed by atoms with E-state index in [0.717, 1.165) is 6.07 Å². The van der Waals surface area contributed by atoms with Crippen LogP contribution in [0.3, 0.4) is 0 Å². The number of Topliss-reactive ketones (excluding diaryl/α,β-unsaturated/α-hetero) is 1. The molecule has 2 aromatic rings. The molecular weight excluding hydrogens is 278 g/mol. The van der Waals surface area contributed by atoms with Crippen molar-refractivity contribution in [2.24, 2.45) is 0 Å². The molecule has 0 fully saturated rings. The lowest BCUT2D eigenvalue weighted by Gasteiger charge is -2.11. The molecule has 104 valence electrons. The Balaban J connectivity index is 2.09. The van der Waals surface area contributed by atoms with E-state index < -0.39 is 28.8 Å². The third-order valence-corrected chi connectivity index (χ3v) is 3.15. The Morgan fingerprint density at radius 1 is 1.10 bits per heavy atom. The SMILES string of the molecule is O=C(C[N+](=O)[O-])c1cc2c(o1)C(=O)c1ccccc1C2=O. The minimum absolute atomic E-state index is 0.0367. The predicted octanol–water partition coefficient (Wildman–Crippen LogP) is 1.51. The fourth-order valence-electron chi connectivity index (χ4n) is 2.21. The molecule has 1 aromatic heterocycles. The van der Waals surface area contributed by atoms with E-state index in [1.807, 2.05) is 0 Å². The van der Waals surface area contributed by atoms with Crippen molar-refractivity contribution in [3.63, 3.8) is 0 Å². The Morgan fingerprint density at radius 3 is 2.33 bits per heavy atom. The molecule has 0 bridgehead atoms. The van der Waals surface area contributed by atoms with Crippen LogP contribution in [0.15, 0.2) is 34.7 Å². The number of hydrogen-bond donors (Lipinski definition) is 0. The zero-order chi connectivity index (χ0) is 15.1. The first-order valence-corrected chi connectivity index (χ1v) is 5.96. The number of fused-ring (bicyclic) bond motifs is 2. The molecule has 0 radical (unpaired) electrons. The molecule has 0 unspecified atom stereocenters. The molecule has 0 atom stereocenters. The molecule has 1 aliphatic rings. The highest BCUT2D eigenvalue weighted by molar-refractivity contribution is 6.27. The van der Waals surface area contributed by atoms with Gasteiger partial charge in [0, 0.05) is 16.1 Å². The number of nitro groups is 1. The Morgan fingerprint density at radius 2 is 1.71 bits per heavy atom. The Labute approximate surface area is 117 Å². The van der Waals surface area contributed by atoms with Gasteiger partial charge in [0.2, 0.25) is 5.78 Å². The summed E-state index contributed by atoms with van der Waals surface area (Å²) < 4.78 is 5.08. The summed E-state index contributed by atoms with van der Waals surface area (Å²) in [7, 11) is 0. The van der Waals surface area contributed by atoms with Gasteiger partial charge in [-0.05, 0) is 6.07 Å². The van der Waals surface area contributed by atoms with Gasteiger partial charge >= 0.3 is 0 Å². The smallest absolute Gasteiger partial charge is 0.269 e. The lowest BCUT2D eigenvalue weighted by atomic mass is 9.88. The first-order chi connectivity index (χ1) is 9.99. The number of furan rings is 1. The third-order valence-electron chi connectivity index (χ3n) is 3.15. The van der Waals surface area contributed by atoms with Crippen LogP contribution in [0.2, 0.25) is 0 Å². The van der Waals surface area contributed by atoms with Crippen molar-refractivity contribution in [2.45, 2.75) is 0 Å². The number of carbonyl (C=O) groups excluding carboxylic acids is 3. The summed E-state index contributed by atoms with van der Waals surface area (Å²) in [5, 5.41) is 10.3. The molecule has 1 aromatic carbocycles. The molecule has 0 amide bonds.